The summed E-state index contributed by atoms with van der Waals surface area (Å²) in [6.45, 7) is 0.876. The zero-order chi connectivity index (χ0) is 15.6. The number of nitrogens with two attached hydrogens (primary N) is 1. The molecule has 1 saturated heterocycles. The SMILES string of the molecule is CS(=O)(=O)C1CSCCN1Cc1cccc(N)c1C(=O)O. The lowest BCUT2D eigenvalue weighted by atomic mass is 10.0. The maximum absolute atomic E-state index is 11.9. The van der Waals surface area contributed by atoms with E-state index in [-0.39, 0.29) is 17.8 Å². The predicted molar refractivity (Wildman–Crippen MR) is 84.2 cm³/mol. The average Bonchev–Trinajstić information content (AvgIpc) is 2.37. The zero-order valence-corrected chi connectivity index (χ0v) is 13.3. The van der Waals surface area contributed by atoms with Gasteiger partial charge in [0.2, 0.25) is 0 Å². The molecule has 116 valence electrons. The van der Waals surface area contributed by atoms with Gasteiger partial charge in [-0.1, -0.05) is 12.1 Å². The molecular formula is C13H18N2O4S2. The van der Waals surface area contributed by atoms with Gasteiger partial charge in [-0.3, -0.25) is 4.90 Å². The van der Waals surface area contributed by atoms with E-state index in [1.807, 2.05) is 4.90 Å². The van der Waals surface area contributed by atoms with Crippen LogP contribution in [0, 0.1) is 0 Å². The molecule has 0 saturated carbocycles. The first-order chi connectivity index (χ1) is 9.80. The number of nitrogen functional groups attached to an aromatic ring is 1. The average molecular weight is 330 g/mol. The zero-order valence-electron chi connectivity index (χ0n) is 11.7. The molecule has 8 heteroatoms. The van der Waals surface area contributed by atoms with Crippen LogP contribution in [0.2, 0.25) is 0 Å². The summed E-state index contributed by atoms with van der Waals surface area (Å²) in [5.74, 6) is 0.241. The molecule has 1 aromatic carbocycles. The molecule has 0 aliphatic carbocycles. The minimum absolute atomic E-state index is 0.0583. The third kappa shape index (κ3) is 3.69. The molecule has 0 bridgehead atoms. The molecule has 6 nitrogen and oxygen atoms in total. The van der Waals surface area contributed by atoms with Gasteiger partial charge in [-0.15, -0.1) is 0 Å². The Bertz CT molecular complexity index is 646. The number of nitrogens with zero attached hydrogens (tertiary/aromatic N) is 1. The number of carboxylic acids is 1. The Morgan fingerprint density at radius 3 is 2.86 bits per heavy atom. The van der Waals surface area contributed by atoms with Crippen LogP contribution in [0.4, 0.5) is 5.69 Å². The summed E-state index contributed by atoms with van der Waals surface area (Å²) in [7, 11) is -3.21. The lowest BCUT2D eigenvalue weighted by molar-refractivity contribution is 0.0695. The number of hydrogen-bond acceptors (Lipinski definition) is 6. The minimum Gasteiger partial charge on any atom is -0.478 e. The predicted octanol–water partition coefficient (Wildman–Crippen LogP) is 0.887. The number of benzene rings is 1. The first-order valence-corrected chi connectivity index (χ1v) is 9.53. The number of anilines is 1. The van der Waals surface area contributed by atoms with Gasteiger partial charge in [-0.25, -0.2) is 13.2 Å². The summed E-state index contributed by atoms with van der Waals surface area (Å²) in [5.41, 5.74) is 6.53. The highest BCUT2D eigenvalue weighted by Gasteiger charge is 2.31. The van der Waals surface area contributed by atoms with Crippen molar-refractivity contribution >= 4 is 33.3 Å². The van der Waals surface area contributed by atoms with Crippen molar-refractivity contribution in [2.45, 2.75) is 11.9 Å². The Labute approximate surface area is 128 Å². The fraction of sp³-hybridized carbons (Fsp3) is 0.462. The Kier molecular flexibility index (Phi) is 4.80. The molecule has 1 heterocycles. The van der Waals surface area contributed by atoms with Crippen LogP contribution < -0.4 is 5.73 Å². The summed E-state index contributed by atoms with van der Waals surface area (Å²) in [4.78, 5) is 13.2. The normalized spacial score (nSPS) is 20.3. The Morgan fingerprint density at radius 2 is 2.24 bits per heavy atom. The smallest absolute Gasteiger partial charge is 0.338 e. The third-order valence-electron chi connectivity index (χ3n) is 3.46. The van der Waals surface area contributed by atoms with Crippen LogP contribution in [-0.4, -0.2) is 54.1 Å². The fourth-order valence-electron chi connectivity index (χ4n) is 2.42. The number of carbonyl (C=O) groups is 1. The molecule has 0 amide bonds. The number of sulfone groups is 1. The summed E-state index contributed by atoms with van der Waals surface area (Å²) < 4.78 is 23.8. The van der Waals surface area contributed by atoms with E-state index >= 15 is 0 Å². The van der Waals surface area contributed by atoms with Crippen LogP contribution in [0.25, 0.3) is 0 Å². The number of rotatable bonds is 4. The highest BCUT2D eigenvalue weighted by atomic mass is 32.2. The maximum Gasteiger partial charge on any atom is 0.338 e. The Balaban J connectivity index is 2.32. The fourth-order valence-corrected chi connectivity index (χ4v) is 5.36. The van der Waals surface area contributed by atoms with Crippen LogP contribution in [0.5, 0.6) is 0 Å². The topological polar surface area (TPSA) is 101 Å². The minimum atomic E-state index is -3.21. The molecule has 1 unspecified atom stereocenters. The summed E-state index contributed by atoms with van der Waals surface area (Å²) in [6, 6.07) is 4.90. The molecule has 0 radical (unpaired) electrons. The largest absolute Gasteiger partial charge is 0.478 e. The van der Waals surface area contributed by atoms with E-state index < -0.39 is 21.2 Å². The van der Waals surface area contributed by atoms with Gasteiger partial charge in [0.1, 0.15) is 5.37 Å². The van der Waals surface area contributed by atoms with Crippen LogP contribution in [0.3, 0.4) is 0 Å². The van der Waals surface area contributed by atoms with Gasteiger partial charge in [0.15, 0.2) is 9.84 Å². The molecule has 1 atom stereocenters. The first-order valence-electron chi connectivity index (χ1n) is 6.42. The van der Waals surface area contributed by atoms with Crippen molar-refractivity contribution in [1.29, 1.82) is 0 Å². The first kappa shape index (κ1) is 16.1. The molecule has 0 aromatic heterocycles. The van der Waals surface area contributed by atoms with Crippen LogP contribution in [0.15, 0.2) is 18.2 Å². The van der Waals surface area contributed by atoms with Crippen LogP contribution >= 0.6 is 11.8 Å². The second-order valence-corrected chi connectivity index (χ2v) is 8.37. The molecule has 1 aliphatic heterocycles. The third-order valence-corrected chi connectivity index (χ3v) is 6.14. The number of thioether (sulfide) groups is 1. The van der Waals surface area contributed by atoms with Crippen molar-refractivity contribution in [3.63, 3.8) is 0 Å². The summed E-state index contributed by atoms with van der Waals surface area (Å²) >= 11 is 1.60. The van der Waals surface area contributed by atoms with Crippen molar-refractivity contribution in [1.82, 2.24) is 4.90 Å². The van der Waals surface area contributed by atoms with Gasteiger partial charge in [-0.2, -0.15) is 11.8 Å². The quantitative estimate of drug-likeness (QED) is 0.791. The van der Waals surface area contributed by atoms with Gasteiger partial charge in [0.25, 0.3) is 0 Å². The van der Waals surface area contributed by atoms with E-state index in [0.29, 0.717) is 17.9 Å². The Morgan fingerprint density at radius 1 is 1.52 bits per heavy atom. The van der Waals surface area contributed by atoms with Crippen molar-refractivity contribution in [2.75, 3.05) is 30.0 Å². The summed E-state index contributed by atoms with van der Waals surface area (Å²) in [5, 5.41) is 8.70. The lowest BCUT2D eigenvalue weighted by Gasteiger charge is -2.34. The monoisotopic (exact) mass is 330 g/mol. The van der Waals surface area contributed by atoms with E-state index in [0.717, 1.165) is 5.75 Å². The molecular weight excluding hydrogens is 312 g/mol. The Hall–Kier alpha value is -1.25. The summed E-state index contributed by atoms with van der Waals surface area (Å²) in [6.07, 6.45) is 1.22. The van der Waals surface area contributed by atoms with Gasteiger partial charge in [0, 0.05) is 36.5 Å². The van der Waals surface area contributed by atoms with E-state index in [9.17, 15) is 18.3 Å². The molecule has 1 aliphatic rings. The number of hydrogen-bond donors (Lipinski definition) is 2. The van der Waals surface area contributed by atoms with E-state index in [2.05, 4.69) is 0 Å². The maximum atomic E-state index is 11.9. The van der Waals surface area contributed by atoms with Gasteiger partial charge in [0.05, 0.1) is 5.56 Å². The van der Waals surface area contributed by atoms with Crippen molar-refractivity contribution < 1.29 is 18.3 Å². The van der Waals surface area contributed by atoms with Gasteiger partial charge < -0.3 is 10.8 Å². The van der Waals surface area contributed by atoms with E-state index in [1.165, 1.54) is 12.3 Å². The standard InChI is InChI=1S/C13H18N2O4S2/c1-21(18,19)11-8-20-6-5-15(11)7-9-3-2-4-10(14)12(9)13(16)17/h2-4,11H,5-8,14H2,1H3,(H,16,17). The van der Waals surface area contributed by atoms with Crippen molar-refractivity contribution in [3.05, 3.63) is 29.3 Å². The van der Waals surface area contributed by atoms with E-state index in [1.54, 1.807) is 23.9 Å². The highest BCUT2D eigenvalue weighted by Crippen LogP contribution is 2.25. The second kappa shape index (κ2) is 6.25. The van der Waals surface area contributed by atoms with Gasteiger partial charge in [-0.05, 0) is 11.6 Å². The lowest BCUT2D eigenvalue weighted by Crippen LogP contribution is -2.46. The molecule has 0 spiro atoms. The molecule has 1 fully saturated rings. The van der Waals surface area contributed by atoms with Crippen molar-refractivity contribution in [3.8, 4) is 0 Å². The van der Waals surface area contributed by atoms with Crippen LogP contribution in [-0.2, 0) is 16.4 Å². The number of carboxylic acid groups (broad SMARTS) is 1. The molecule has 3 N–H and O–H groups in total. The highest BCUT2D eigenvalue weighted by molar-refractivity contribution is 8.00. The van der Waals surface area contributed by atoms with E-state index in [4.69, 9.17) is 5.73 Å². The van der Waals surface area contributed by atoms with Crippen molar-refractivity contribution in [2.24, 2.45) is 0 Å². The molecule has 2 rings (SSSR count). The molecule has 21 heavy (non-hydrogen) atoms. The number of aromatic carboxylic acids is 1. The molecule has 1 aromatic rings. The van der Waals surface area contributed by atoms with Gasteiger partial charge >= 0.3 is 5.97 Å². The second-order valence-electron chi connectivity index (χ2n) is 5.02. The van der Waals surface area contributed by atoms with Crippen LogP contribution in [0.1, 0.15) is 15.9 Å².